The van der Waals surface area contributed by atoms with Gasteiger partial charge in [-0.3, -0.25) is 0 Å². The first-order valence-corrected chi connectivity index (χ1v) is 6.55. The highest BCUT2D eigenvalue weighted by Crippen LogP contribution is 2.32. The summed E-state index contributed by atoms with van der Waals surface area (Å²) in [5.74, 6) is 0.964. The van der Waals surface area contributed by atoms with Gasteiger partial charge in [-0.1, -0.05) is 24.3 Å². The second-order valence-electron chi connectivity index (χ2n) is 4.78. The fourth-order valence-corrected chi connectivity index (χ4v) is 2.27. The summed E-state index contributed by atoms with van der Waals surface area (Å²) in [4.78, 5) is 0. The van der Waals surface area contributed by atoms with Crippen LogP contribution in [0.5, 0.6) is 11.5 Å². The topological polar surface area (TPSA) is 33.0 Å². The van der Waals surface area contributed by atoms with E-state index in [1.54, 1.807) is 31.2 Å². The minimum atomic E-state index is -0.257. The van der Waals surface area contributed by atoms with Crippen LogP contribution in [0.1, 0.15) is 11.1 Å². The summed E-state index contributed by atoms with van der Waals surface area (Å²) < 4.78 is 19.1. The summed E-state index contributed by atoms with van der Waals surface area (Å²) in [7, 11) is 0. The van der Waals surface area contributed by atoms with Crippen molar-refractivity contribution in [1.82, 2.24) is 0 Å². The predicted octanol–water partition coefficient (Wildman–Crippen LogP) is 4.95. The highest BCUT2D eigenvalue weighted by Gasteiger charge is 2.08. The molecule has 0 amide bonds. The van der Waals surface area contributed by atoms with Gasteiger partial charge in [0.25, 0.3) is 0 Å². The van der Waals surface area contributed by atoms with Crippen molar-refractivity contribution in [3.63, 3.8) is 0 Å². The number of ether oxygens (including phenoxy) is 1. The Kier molecular flexibility index (Phi) is 3.29. The van der Waals surface area contributed by atoms with E-state index in [1.165, 1.54) is 6.07 Å². The molecule has 0 radical (unpaired) electrons. The van der Waals surface area contributed by atoms with Gasteiger partial charge in [0, 0.05) is 10.8 Å². The first-order chi connectivity index (χ1) is 10.2. The van der Waals surface area contributed by atoms with Crippen molar-refractivity contribution in [2.45, 2.75) is 6.92 Å². The lowest BCUT2D eigenvalue weighted by Crippen LogP contribution is -1.90. The summed E-state index contributed by atoms with van der Waals surface area (Å²) >= 11 is 0. The van der Waals surface area contributed by atoms with Crippen molar-refractivity contribution >= 4 is 10.8 Å². The van der Waals surface area contributed by atoms with Crippen LogP contribution in [-0.2, 0) is 0 Å². The van der Waals surface area contributed by atoms with Gasteiger partial charge in [0.1, 0.15) is 17.3 Å². The first-order valence-electron chi connectivity index (χ1n) is 6.55. The second kappa shape index (κ2) is 5.26. The summed E-state index contributed by atoms with van der Waals surface area (Å²) in [6, 6.07) is 17.9. The van der Waals surface area contributed by atoms with E-state index in [0.29, 0.717) is 22.6 Å². The van der Waals surface area contributed by atoms with Crippen LogP contribution in [0, 0.1) is 24.1 Å². The van der Waals surface area contributed by atoms with E-state index in [4.69, 9.17) is 10.00 Å². The average molecular weight is 277 g/mol. The van der Waals surface area contributed by atoms with Crippen molar-refractivity contribution in [3.8, 4) is 17.6 Å². The molecule has 3 rings (SSSR count). The zero-order chi connectivity index (χ0) is 14.8. The second-order valence-corrected chi connectivity index (χ2v) is 4.78. The molecule has 3 aromatic rings. The molecular formula is C18H12FNO. The molecule has 0 aliphatic carbocycles. The van der Waals surface area contributed by atoms with Crippen molar-refractivity contribution in [1.29, 1.82) is 5.26 Å². The van der Waals surface area contributed by atoms with Gasteiger partial charge in [0.2, 0.25) is 0 Å². The van der Waals surface area contributed by atoms with Gasteiger partial charge in [-0.2, -0.15) is 5.26 Å². The predicted molar refractivity (Wildman–Crippen MR) is 79.9 cm³/mol. The Hall–Kier alpha value is -2.86. The quantitative estimate of drug-likeness (QED) is 0.663. The Morgan fingerprint density at radius 1 is 1.00 bits per heavy atom. The standard InChI is InChI=1S/C18H12FNO/c1-12-10-14(7-8-17(12)19)21-18-9-6-13(11-20)15-4-2-3-5-16(15)18/h2-10H,1H3. The summed E-state index contributed by atoms with van der Waals surface area (Å²) in [5.41, 5.74) is 1.14. The molecule has 0 unspecified atom stereocenters. The molecule has 3 heteroatoms. The Morgan fingerprint density at radius 3 is 2.48 bits per heavy atom. The fourth-order valence-electron chi connectivity index (χ4n) is 2.27. The summed E-state index contributed by atoms with van der Waals surface area (Å²) in [5, 5.41) is 10.9. The maximum Gasteiger partial charge on any atom is 0.135 e. The highest BCUT2D eigenvalue weighted by molar-refractivity contribution is 5.92. The number of fused-ring (bicyclic) bond motifs is 1. The Bertz CT molecular complexity index is 865. The number of benzene rings is 3. The molecule has 2 nitrogen and oxygen atoms in total. The number of nitriles is 1. The molecule has 0 N–H and O–H groups in total. The zero-order valence-electron chi connectivity index (χ0n) is 11.4. The van der Waals surface area contributed by atoms with Gasteiger partial charge in [-0.15, -0.1) is 0 Å². The van der Waals surface area contributed by atoms with E-state index < -0.39 is 0 Å². The van der Waals surface area contributed by atoms with Crippen molar-refractivity contribution in [2.24, 2.45) is 0 Å². The van der Waals surface area contributed by atoms with E-state index in [0.717, 1.165) is 10.8 Å². The Labute approximate surface area is 122 Å². The molecule has 0 heterocycles. The molecule has 0 spiro atoms. The summed E-state index contributed by atoms with van der Waals surface area (Å²) in [6.45, 7) is 1.69. The lowest BCUT2D eigenvalue weighted by atomic mass is 10.0. The normalized spacial score (nSPS) is 10.3. The molecule has 0 aromatic heterocycles. The SMILES string of the molecule is Cc1cc(Oc2ccc(C#N)c3ccccc23)ccc1F. The maximum absolute atomic E-state index is 13.3. The largest absolute Gasteiger partial charge is 0.457 e. The molecule has 0 atom stereocenters. The van der Waals surface area contributed by atoms with Gasteiger partial charge >= 0.3 is 0 Å². The van der Waals surface area contributed by atoms with Crippen LogP contribution in [0.15, 0.2) is 54.6 Å². The fraction of sp³-hybridized carbons (Fsp3) is 0.0556. The third-order valence-corrected chi connectivity index (χ3v) is 3.36. The van der Waals surface area contributed by atoms with Crippen LogP contribution < -0.4 is 4.74 Å². The smallest absolute Gasteiger partial charge is 0.135 e. The van der Waals surface area contributed by atoms with Crippen molar-refractivity contribution in [2.75, 3.05) is 0 Å². The van der Waals surface area contributed by atoms with E-state index in [9.17, 15) is 4.39 Å². The van der Waals surface area contributed by atoms with Gasteiger partial charge in [-0.05, 0) is 42.8 Å². The first kappa shape index (κ1) is 13.1. The van der Waals surface area contributed by atoms with E-state index in [-0.39, 0.29) is 5.82 Å². The Morgan fingerprint density at radius 2 is 1.76 bits per heavy atom. The molecule has 0 saturated heterocycles. The van der Waals surface area contributed by atoms with Crippen molar-refractivity contribution in [3.05, 3.63) is 71.5 Å². The molecule has 3 aromatic carbocycles. The lowest BCUT2D eigenvalue weighted by Gasteiger charge is -2.10. The van der Waals surface area contributed by atoms with Crippen LogP contribution in [0.25, 0.3) is 10.8 Å². The maximum atomic E-state index is 13.3. The van der Waals surface area contributed by atoms with Crippen LogP contribution in [0.3, 0.4) is 0 Å². The van der Waals surface area contributed by atoms with Gasteiger partial charge in [0.15, 0.2) is 0 Å². The van der Waals surface area contributed by atoms with E-state index in [2.05, 4.69) is 6.07 Å². The van der Waals surface area contributed by atoms with Gasteiger partial charge in [-0.25, -0.2) is 4.39 Å². The van der Waals surface area contributed by atoms with Gasteiger partial charge in [0.05, 0.1) is 11.6 Å². The third kappa shape index (κ3) is 2.44. The summed E-state index contributed by atoms with van der Waals surface area (Å²) in [6.07, 6.45) is 0. The number of nitrogens with zero attached hydrogens (tertiary/aromatic N) is 1. The average Bonchev–Trinajstić information content (AvgIpc) is 2.51. The van der Waals surface area contributed by atoms with Crippen LogP contribution in [-0.4, -0.2) is 0 Å². The lowest BCUT2D eigenvalue weighted by molar-refractivity contribution is 0.485. The van der Waals surface area contributed by atoms with E-state index >= 15 is 0 Å². The molecule has 0 bridgehead atoms. The number of hydrogen-bond acceptors (Lipinski definition) is 2. The van der Waals surface area contributed by atoms with Crippen molar-refractivity contribution < 1.29 is 9.13 Å². The number of aryl methyl sites for hydroxylation is 1. The monoisotopic (exact) mass is 277 g/mol. The number of rotatable bonds is 2. The number of hydrogen-bond donors (Lipinski definition) is 0. The molecule has 0 fully saturated rings. The molecule has 21 heavy (non-hydrogen) atoms. The third-order valence-electron chi connectivity index (χ3n) is 3.36. The van der Waals surface area contributed by atoms with Crippen LogP contribution in [0.4, 0.5) is 4.39 Å². The zero-order valence-corrected chi connectivity index (χ0v) is 11.4. The molecular weight excluding hydrogens is 265 g/mol. The molecule has 0 aliphatic rings. The van der Waals surface area contributed by atoms with Crippen LogP contribution >= 0.6 is 0 Å². The van der Waals surface area contributed by atoms with Gasteiger partial charge < -0.3 is 4.74 Å². The molecule has 0 aliphatic heterocycles. The minimum Gasteiger partial charge on any atom is -0.457 e. The highest BCUT2D eigenvalue weighted by atomic mass is 19.1. The van der Waals surface area contributed by atoms with Crippen LogP contribution in [0.2, 0.25) is 0 Å². The Balaban J connectivity index is 2.09. The molecule has 102 valence electrons. The molecule has 0 saturated carbocycles. The minimum absolute atomic E-state index is 0.257. The van der Waals surface area contributed by atoms with E-state index in [1.807, 2.05) is 24.3 Å². The number of halogens is 1.